The number of H-pyrrole nitrogens is 1. The van der Waals surface area contributed by atoms with E-state index in [4.69, 9.17) is 9.47 Å². The van der Waals surface area contributed by atoms with E-state index in [9.17, 15) is 9.59 Å². The Morgan fingerprint density at radius 1 is 1.09 bits per heavy atom. The molecule has 34 heavy (non-hydrogen) atoms. The van der Waals surface area contributed by atoms with Gasteiger partial charge < -0.3 is 14.5 Å². The van der Waals surface area contributed by atoms with Gasteiger partial charge >= 0.3 is 11.9 Å². The van der Waals surface area contributed by atoms with Crippen molar-refractivity contribution in [2.24, 2.45) is 23.2 Å². The van der Waals surface area contributed by atoms with Crippen molar-refractivity contribution in [3.8, 4) is 0 Å². The van der Waals surface area contributed by atoms with Crippen LogP contribution in [0.3, 0.4) is 0 Å². The second-order valence-electron chi connectivity index (χ2n) is 10.5. The molecule has 5 heteroatoms. The second kappa shape index (κ2) is 8.14. The van der Waals surface area contributed by atoms with Gasteiger partial charge in [0.2, 0.25) is 0 Å². The lowest BCUT2D eigenvalue weighted by Gasteiger charge is -2.56. The zero-order valence-corrected chi connectivity index (χ0v) is 20.1. The Balaban J connectivity index is 1.55. The predicted octanol–water partition coefficient (Wildman–Crippen LogP) is 6.07. The summed E-state index contributed by atoms with van der Waals surface area (Å²) < 4.78 is 11.9. The van der Waals surface area contributed by atoms with Crippen LogP contribution >= 0.6 is 0 Å². The van der Waals surface area contributed by atoms with Crippen molar-refractivity contribution in [1.82, 2.24) is 4.98 Å². The molecule has 0 aromatic carbocycles. The van der Waals surface area contributed by atoms with Crippen LogP contribution in [0.4, 0.5) is 0 Å². The molecule has 2 aliphatic heterocycles. The molecule has 2 fully saturated rings. The maximum atomic E-state index is 13.5. The Bertz CT molecular complexity index is 1160. The van der Waals surface area contributed by atoms with Crippen molar-refractivity contribution < 1.29 is 19.1 Å². The van der Waals surface area contributed by atoms with E-state index in [0.717, 1.165) is 86.0 Å². The summed E-state index contributed by atoms with van der Waals surface area (Å²) in [4.78, 5) is 30.0. The minimum absolute atomic E-state index is 0.0328. The monoisotopic (exact) mass is 459 g/mol. The number of unbranched alkanes of at least 4 members (excludes halogenated alkanes) is 2. The fourth-order valence-electron chi connectivity index (χ4n) is 7.52. The number of fused-ring (bicyclic) bond motifs is 1. The second-order valence-corrected chi connectivity index (χ2v) is 10.5. The molecular weight excluding hydrogens is 426 g/mol. The van der Waals surface area contributed by atoms with Gasteiger partial charge in [0.1, 0.15) is 11.5 Å². The van der Waals surface area contributed by atoms with Crippen LogP contribution in [0.25, 0.3) is 0 Å². The number of hydrogen-bond donors (Lipinski definition) is 1. The van der Waals surface area contributed by atoms with E-state index in [1.807, 2.05) is 12.4 Å². The number of carbonyl (C=O) groups excluding carboxylic acids is 2. The molecule has 1 aromatic rings. The minimum atomic E-state index is -0.530. The molecule has 1 spiro atoms. The number of nitrogens with one attached hydrogen (secondary N) is 1. The van der Waals surface area contributed by atoms with E-state index in [1.54, 1.807) is 0 Å². The summed E-state index contributed by atoms with van der Waals surface area (Å²) in [7, 11) is 0. The van der Waals surface area contributed by atoms with E-state index < -0.39 is 5.41 Å². The van der Waals surface area contributed by atoms with Gasteiger partial charge in [-0.1, -0.05) is 32.3 Å². The molecule has 2 bridgehead atoms. The first kappa shape index (κ1) is 21.7. The van der Waals surface area contributed by atoms with E-state index in [2.05, 4.69) is 37.0 Å². The van der Waals surface area contributed by atoms with Gasteiger partial charge in [-0.15, -0.1) is 0 Å². The van der Waals surface area contributed by atoms with Gasteiger partial charge in [-0.05, 0) is 80.6 Å². The van der Waals surface area contributed by atoms with Crippen LogP contribution in [-0.2, 0) is 25.5 Å². The normalized spacial score (nSPS) is 34.0. The summed E-state index contributed by atoms with van der Waals surface area (Å²) in [5.74, 6) is 1.77. The lowest BCUT2D eigenvalue weighted by molar-refractivity contribution is -0.135. The maximum absolute atomic E-state index is 13.5. The SMILES string of the molecule is CCC/C=C1\OC(=O)C2=C1CC[C@H]1[C@@H]3CC[C@@]4(C(=C3Cc3cc[nH]c3)C(=O)O/C4=C\CCC)[C@@H]21. The minimum Gasteiger partial charge on any atom is -0.427 e. The van der Waals surface area contributed by atoms with Crippen LogP contribution in [0.1, 0.15) is 70.8 Å². The molecule has 0 amide bonds. The number of aromatic amines is 1. The molecule has 1 aromatic heterocycles. The van der Waals surface area contributed by atoms with Crippen molar-refractivity contribution in [2.75, 3.05) is 0 Å². The Labute approximate surface area is 201 Å². The van der Waals surface area contributed by atoms with Crippen LogP contribution in [0.15, 0.2) is 64.4 Å². The number of ether oxygens (including phenoxy) is 2. The van der Waals surface area contributed by atoms with Gasteiger partial charge in [-0.2, -0.15) is 0 Å². The topological polar surface area (TPSA) is 68.4 Å². The van der Waals surface area contributed by atoms with E-state index in [-0.39, 0.29) is 17.9 Å². The summed E-state index contributed by atoms with van der Waals surface area (Å²) in [6.45, 7) is 4.27. The number of allylic oxidation sites excluding steroid dienone is 5. The molecule has 6 aliphatic rings. The highest BCUT2D eigenvalue weighted by atomic mass is 16.5. The Morgan fingerprint density at radius 2 is 1.91 bits per heavy atom. The van der Waals surface area contributed by atoms with Crippen molar-refractivity contribution in [1.29, 1.82) is 0 Å². The summed E-state index contributed by atoms with van der Waals surface area (Å²) >= 11 is 0. The first-order valence-electron chi connectivity index (χ1n) is 13.0. The van der Waals surface area contributed by atoms with Crippen LogP contribution in [-0.4, -0.2) is 16.9 Å². The molecule has 7 rings (SSSR count). The third-order valence-electron chi connectivity index (χ3n) is 8.76. The van der Waals surface area contributed by atoms with Gasteiger partial charge in [0.25, 0.3) is 0 Å². The van der Waals surface area contributed by atoms with Crippen molar-refractivity contribution >= 4 is 11.9 Å². The number of esters is 2. The standard InChI is InChI=1S/C29H33NO4/c1-3-5-7-22-20-10-9-19-18-11-13-29(25(19)24(20)27(31)33-22)23(8-6-4-2)34-28(32)26(29)21(18)15-17-12-14-30-16-17/h7-8,12,14,16,18-19,25,30H,3-6,9-11,13,15H2,1-2H3/b22-7-,23-8-/t18-,19-,25+,29-/m0/s1. The third-order valence-corrected chi connectivity index (χ3v) is 8.76. The lowest BCUT2D eigenvalue weighted by atomic mass is 9.44. The van der Waals surface area contributed by atoms with Crippen LogP contribution in [0.2, 0.25) is 0 Å². The third kappa shape index (κ3) is 2.91. The summed E-state index contributed by atoms with van der Waals surface area (Å²) in [6, 6.07) is 2.09. The number of cyclic esters (lactones) is 2. The molecule has 1 saturated heterocycles. The fraction of sp³-hybridized carbons (Fsp3) is 0.517. The van der Waals surface area contributed by atoms with E-state index >= 15 is 0 Å². The average molecular weight is 460 g/mol. The quantitative estimate of drug-likeness (QED) is 0.525. The van der Waals surface area contributed by atoms with Crippen LogP contribution in [0.5, 0.6) is 0 Å². The molecule has 0 unspecified atom stereocenters. The number of rotatable bonds is 6. The molecule has 4 atom stereocenters. The number of aromatic nitrogens is 1. The molecular formula is C29H33NO4. The zero-order valence-electron chi connectivity index (χ0n) is 20.1. The van der Waals surface area contributed by atoms with Gasteiger partial charge in [0, 0.05) is 29.5 Å². The molecule has 5 nitrogen and oxygen atoms in total. The zero-order chi connectivity index (χ0) is 23.4. The predicted molar refractivity (Wildman–Crippen MR) is 128 cm³/mol. The molecule has 4 aliphatic carbocycles. The largest absolute Gasteiger partial charge is 0.427 e. The first-order chi connectivity index (χ1) is 16.6. The molecule has 3 heterocycles. The van der Waals surface area contributed by atoms with Crippen LogP contribution in [0, 0.1) is 23.2 Å². The van der Waals surface area contributed by atoms with Crippen molar-refractivity contribution in [3.63, 3.8) is 0 Å². The van der Waals surface area contributed by atoms with Gasteiger partial charge in [0.05, 0.1) is 11.0 Å². The van der Waals surface area contributed by atoms with Gasteiger partial charge in [-0.3, -0.25) is 0 Å². The molecule has 0 radical (unpaired) electrons. The van der Waals surface area contributed by atoms with Crippen molar-refractivity contribution in [3.05, 3.63) is 70.0 Å². The Kier molecular flexibility index (Phi) is 5.20. The summed E-state index contributed by atoms with van der Waals surface area (Å²) in [5.41, 5.74) is 4.68. The maximum Gasteiger partial charge on any atom is 0.340 e. The van der Waals surface area contributed by atoms with Gasteiger partial charge in [0.15, 0.2) is 0 Å². The average Bonchev–Trinajstić information content (AvgIpc) is 3.54. The lowest BCUT2D eigenvalue weighted by Crippen LogP contribution is -2.52. The first-order valence-corrected chi connectivity index (χ1v) is 13.0. The van der Waals surface area contributed by atoms with Crippen molar-refractivity contribution in [2.45, 2.75) is 71.6 Å². The Hall–Kier alpha value is -2.82. The highest BCUT2D eigenvalue weighted by Crippen LogP contribution is 2.70. The smallest absolute Gasteiger partial charge is 0.340 e. The fourth-order valence-corrected chi connectivity index (χ4v) is 7.52. The van der Waals surface area contributed by atoms with E-state index in [0.29, 0.717) is 11.8 Å². The molecule has 1 N–H and O–H groups in total. The number of hydrogen-bond acceptors (Lipinski definition) is 4. The van der Waals surface area contributed by atoms with Gasteiger partial charge in [-0.25, -0.2) is 9.59 Å². The highest BCUT2D eigenvalue weighted by molar-refractivity contribution is 6.00. The molecule has 1 saturated carbocycles. The highest BCUT2D eigenvalue weighted by Gasteiger charge is 2.68. The number of carbonyl (C=O) groups is 2. The summed E-state index contributed by atoms with van der Waals surface area (Å²) in [5, 5.41) is 0. The molecule has 178 valence electrons. The summed E-state index contributed by atoms with van der Waals surface area (Å²) in [6.07, 6.45) is 16.5. The Morgan fingerprint density at radius 3 is 2.68 bits per heavy atom. The van der Waals surface area contributed by atoms with Crippen LogP contribution < -0.4 is 0 Å². The van der Waals surface area contributed by atoms with E-state index in [1.165, 1.54) is 11.1 Å².